The highest BCUT2D eigenvalue weighted by atomic mass is 79.9. The SMILES string of the molecule is O=c1[nH]c(C2CCCOC2)nc(C2CC2)c1Br. The van der Waals surface area contributed by atoms with Gasteiger partial charge in [-0.05, 0) is 41.6 Å². The Kier molecular flexibility index (Phi) is 3.04. The summed E-state index contributed by atoms with van der Waals surface area (Å²) in [5, 5.41) is 0. The highest BCUT2D eigenvalue weighted by Crippen LogP contribution is 2.41. The quantitative estimate of drug-likeness (QED) is 0.911. The van der Waals surface area contributed by atoms with Crippen molar-refractivity contribution < 1.29 is 4.74 Å². The van der Waals surface area contributed by atoms with E-state index in [0.29, 0.717) is 17.0 Å². The van der Waals surface area contributed by atoms with Crippen LogP contribution in [0.1, 0.15) is 49.0 Å². The fourth-order valence-corrected chi connectivity index (χ4v) is 2.78. The zero-order valence-electron chi connectivity index (χ0n) is 9.54. The van der Waals surface area contributed by atoms with Gasteiger partial charge in [0.2, 0.25) is 0 Å². The molecule has 1 aromatic heterocycles. The molecule has 92 valence electrons. The molecule has 17 heavy (non-hydrogen) atoms. The van der Waals surface area contributed by atoms with Gasteiger partial charge in [0.05, 0.1) is 12.3 Å². The summed E-state index contributed by atoms with van der Waals surface area (Å²) in [5.74, 6) is 1.54. The minimum Gasteiger partial charge on any atom is -0.381 e. The molecule has 2 fully saturated rings. The van der Waals surface area contributed by atoms with Gasteiger partial charge in [-0.1, -0.05) is 0 Å². The van der Waals surface area contributed by atoms with Crippen LogP contribution in [-0.2, 0) is 4.74 Å². The fourth-order valence-electron chi connectivity index (χ4n) is 2.27. The van der Waals surface area contributed by atoms with Crippen LogP contribution in [-0.4, -0.2) is 23.2 Å². The number of nitrogens with zero attached hydrogens (tertiary/aromatic N) is 1. The van der Waals surface area contributed by atoms with E-state index in [1.165, 1.54) is 0 Å². The minimum absolute atomic E-state index is 0.0533. The summed E-state index contributed by atoms with van der Waals surface area (Å²) < 4.78 is 6.06. The first kappa shape index (κ1) is 11.4. The zero-order chi connectivity index (χ0) is 11.8. The first-order chi connectivity index (χ1) is 8.25. The van der Waals surface area contributed by atoms with Crippen LogP contribution in [0, 0.1) is 0 Å². The molecule has 1 saturated carbocycles. The Bertz CT molecular complexity index is 476. The van der Waals surface area contributed by atoms with Crippen molar-refractivity contribution in [1.29, 1.82) is 0 Å². The number of nitrogens with one attached hydrogen (secondary N) is 1. The molecular formula is C12H15BrN2O2. The van der Waals surface area contributed by atoms with Crippen LogP contribution >= 0.6 is 15.9 Å². The van der Waals surface area contributed by atoms with Crippen molar-refractivity contribution >= 4 is 15.9 Å². The maximum atomic E-state index is 11.9. The lowest BCUT2D eigenvalue weighted by molar-refractivity contribution is 0.0779. The van der Waals surface area contributed by atoms with Gasteiger partial charge in [0.25, 0.3) is 5.56 Å². The maximum Gasteiger partial charge on any atom is 0.265 e. The number of halogens is 1. The lowest BCUT2D eigenvalue weighted by Crippen LogP contribution is -2.23. The molecule has 4 nitrogen and oxygen atoms in total. The smallest absolute Gasteiger partial charge is 0.265 e. The minimum atomic E-state index is -0.0533. The lowest BCUT2D eigenvalue weighted by atomic mass is 10.0. The highest BCUT2D eigenvalue weighted by Gasteiger charge is 2.30. The summed E-state index contributed by atoms with van der Waals surface area (Å²) in [5.41, 5.74) is 0.886. The van der Waals surface area contributed by atoms with Crippen LogP contribution < -0.4 is 5.56 Å². The molecule has 2 heterocycles. The lowest BCUT2D eigenvalue weighted by Gasteiger charge is -2.21. The van der Waals surface area contributed by atoms with Gasteiger partial charge in [0, 0.05) is 18.4 Å². The molecule has 1 saturated heterocycles. The monoisotopic (exact) mass is 298 g/mol. The van der Waals surface area contributed by atoms with Crippen molar-refractivity contribution in [2.75, 3.05) is 13.2 Å². The molecule has 1 aromatic rings. The third-order valence-electron chi connectivity index (χ3n) is 3.42. The molecule has 0 aromatic carbocycles. The first-order valence-electron chi connectivity index (χ1n) is 6.13. The summed E-state index contributed by atoms with van der Waals surface area (Å²) in [6.45, 7) is 1.50. The van der Waals surface area contributed by atoms with Gasteiger partial charge in [-0.3, -0.25) is 4.79 Å². The molecule has 0 spiro atoms. The number of hydrogen-bond donors (Lipinski definition) is 1. The molecule has 1 atom stereocenters. The molecule has 0 radical (unpaired) electrons. The van der Waals surface area contributed by atoms with E-state index in [-0.39, 0.29) is 11.5 Å². The molecule has 1 aliphatic carbocycles. The van der Waals surface area contributed by atoms with E-state index in [2.05, 4.69) is 25.9 Å². The number of aromatic nitrogens is 2. The largest absolute Gasteiger partial charge is 0.381 e. The van der Waals surface area contributed by atoms with E-state index in [0.717, 1.165) is 43.8 Å². The third-order valence-corrected chi connectivity index (χ3v) is 4.18. The average molecular weight is 299 g/mol. The average Bonchev–Trinajstić information content (AvgIpc) is 3.18. The highest BCUT2D eigenvalue weighted by molar-refractivity contribution is 9.10. The molecule has 2 aliphatic rings. The second kappa shape index (κ2) is 4.53. The molecule has 0 amide bonds. The van der Waals surface area contributed by atoms with E-state index in [1.807, 2.05) is 0 Å². The van der Waals surface area contributed by atoms with Crippen LogP contribution in [0.25, 0.3) is 0 Å². The van der Waals surface area contributed by atoms with Gasteiger partial charge in [-0.25, -0.2) is 4.98 Å². The second-order valence-electron chi connectivity index (χ2n) is 4.84. The van der Waals surface area contributed by atoms with Crippen molar-refractivity contribution in [1.82, 2.24) is 9.97 Å². The summed E-state index contributed by atoms with van der Waals surface area (Å²) in [6.07, 6.45) is 4.39. The van der Waals surface area contributed by atoms with Gasteiger partial charge < -0.3 is 9.72 Å². The number of H-pyrrole nitrogens is 1. The molecule has 0 bridgehead atoms. The predicted octanol–water partition coefficient (Wildman–Crippen LogP) is 2.30. The number of aromatic amines is 1. The van der Waals surface area contributed by atoms with E-state index >= 15 is 0 Å². The Morgan fingerprint density at radius 3 is 2.76 bits per heavy atom. The van der Waals surface area contributed by atoms with Crippen molar-refractivity contribution in [3.63, 3.8) is 0 Å². The normalized spacial score (nSPS) is 24.9. The zero-order valence-corrected chi connectivity index (χ0v) is 11.1. The summed E-state index contributed by atoms with van der Waals surface area (Å²) in [7, 11) is 0. The van der Waals surface area contributed by atoms with Crippen LogP contribution in [0.15, 0.2) is 9.27 Å². The summed E-state index contributed by atoms with van der Waals surface area (Å²) >= 11 is 3.34. The third kappa shape index (κ3) is 2.31. The number of ether oxygens (including phenoxy) is 1. The van der Waals surface area contributed by atoms with Crippen molar-refractivity contribution in [2.45, 2.75) is 37.5 Å². The van der Waals surface area contributed by atoms with Gasteiger partial charge >= 0.3 is 0 Å². The Morgan fingerprint density at radius 1 is 1.29 bits per heavy atom. The summed E-state index contributed by atoms with van der Waals surface area (Å²) in [4.78, 5) is 19.4. The predicted molar refractivity (Wildman–Crippen MR) is 67.3 cm³/mol. The van der Waals surface area contributed by atoms with Crippen molar-refractivity contribution in [3.8, 4) is 0 Å². The van der Waals surface area contributed by atoms with Crippen molar-refractivity contribution in [2.24, 2.45) is 0 Å². The molecule has 1 unspecified atom stereocenters. The molecule has 1 N–H and O–H groups in total. The van der Waals surface area contributed by atoms with Crippen LogP contribution in [0.5, 0.6) is 0 Å². The van der Waals surface area contributed by atoms with E-state index in [1.54, 1.807) is 0 Å². The topological polar surface area (TPSA) is 55.0 Å². The van der Waals surface area contributed by atoms with E-state index in [9.17, 15) is 4.79 Å². The first-order valence-corrected chi connectivity index (χ1v) is 6.92. The van der Waals surface area contributed by atoms with E-state index in [4.69, 9.17) is 4.74 Å². The Morgan fingerprint density at radius 2 is 2.12 bits per heavy atom. The molecule has 1 aliphatic heterocycles. The van der Waals surface area contributed by atoms with Gasteiger partial charge in [0.1, 0.15) is 10.3 Å². The Labute approximate surface area is 108 Å². The molecular weight excluding hydrogens is 284 g/mol. The Hall–Kier alpha value is -0.680. The van der Waals surface area contributed by atoms with Crippen molar-refractivity contribution in [3.05, 3.63) is 26.3 Å². The number of rotatable bonds is 2. The summed E-state index contributed by atoms with van der Waals surface area (Å²) in [6, 6.07) is 0. The van der Waals surface area contributed by atoms with Crippen LogP contribution in [0.4, 0.5) is 0 Å². The molecule has 5 heteroatoms. The van der Waals surface area contributed by atoms with Crippen LogP contribution in [0.3, 0.4) is 0 Å². The number of hydrogen-bond acceptors (Lipinski definition) is 3. The fraction of sp³-hybridized carbons (Fsp3) is 0.667. The standard InChI is InChI=1S/C12H15BrN2O2/c13-9-10(7-3-4-7)14-11(15-12(9)16)8-2-1-5-17-6-8/h7-8H,1-6H2,(H,14,15,16). The Balaban J connectivity index is 1.96. The van der Waals surface area contributed by atoms with Gasteiger partial charge in [0.15, 0.2) is 0 Å². The van der Waals surface area contributed by atoms with E-state index < -0.39 is 0 Å². The maximum absolute atomic E-state index is 11.9. The van der Waals surface area contributed by atoms with Crippen LogP contribution in [0.2, 0.25) is 0 Å². The molecule has 3 rings (SSSR count). The second-order valence-corrected chi connectivity index (χ2v) is 5.63. The van der Waals surface area contributed by atoms with Gasteiger partial charge in [-0.2, -0.15) is 0 Å². The van der Waals surface area contributed by atoms with Gasteiger partial charge in [-0.15, -0.1) is 0 Å².